The van der Waals surface area contributed by atoms with Crippen LogP contribution in [0.5, 0.6) is 11.5 Å². The molecule has 0 saturated carbocycles. The Morgan fingerprint density at radius 2 is 1.40 bits per heavy atom. The number of para-hydroxylation sites is 1. The van der Waals surface area contributed by atoms with Gasteiger partial charge >= 0.3 is 0 Å². The van der Waals surface area contributed by atoms with E-state index in [4.69, 9.17) is 14.8 Å². The molecule has 5 heteroatoms. The second-order valence-corrected chi connectivity index (χ2v) is 13.8. The van der Waals surface area contributed by atoms with E-state index in [1.165, 1.54) is 51.4 Å². The van der Waals surface area contributed by atoms with Gasteiger partial charge in [-0.1, -0.05) is 70.2 Å². The third kappa shape index (κ3) is 6.50. The number of hydrogen-bond donors (Lipinski definition) is 0. The topological polar surface area (TPSA) is 44.9 Å². The molecule has 0 bridgehead atoms. The van der Waals surface area contributed by atoms with E-state index in [1.54, 1.807) is 0 Å². The summed E-state index contributed by atoms with van der Waals surface area (Å²) in [5.74, 6) is 3.74. The van der Waals surface area contributed by atoms with Gasteiger partial charge in [-0.15, -0.1) is 0 Å². The summed E-state index contributed by atoms with van der Waals surface area (Å²) >= 11 is 0. The standard InChI is InChI=1S/C43H44N4O/c1-29(2)16-18-32-10-8-11-33(19-17-30(3)4)43(32)34-27-45-46(28-34)35-12-9-13-36(25-35)48-37-20-21-39-38-14-6-7-15-40(38)47(41(39)26-37)42-24-31(5)22-23-44-42/h6-15,20-30H,16-19H2,1-5H3. The molecule has 0 radical (unpaired) electrons. The number of ether oxygens (including phenoxy) is 1. The smallest absolute Gasteiger partial charge is 0.137 e. The third-order valence-corrected chi connectivity index (χ3v) is 9.18. The summed E-state index contributed by atoms with van der Waals surface area (Å²) in [6.07, 6.45) is 10.5. The molecule has 0 fully saturated rings. The van der Waals surface area contributed by atoms with Gasteiger partial charge in [0, 0.05) is 40.9 Å². The fourth-order valence-electron chi connectivity index (χ4n) is 6.65. The zero-order valence-corrected chi connectivity index (χ0v) is 28.6. The van der Waals surface area contributed by atoms with Gasteiger partial charge in [0.1, 0.15) is 17.3 Å². The molecule has 3 aromatic heterocycles. The van der Waals surface area contributed by atoms with E-state index in [9.17, 15) is 0 Å². The maximum Gasteiger partial charge on any atom is 0.137 e. The van der Waals surface area contributed by atoms with E-state index in [-0.39, 0.29) is 0 Å². The van der Waals surface area contributed by atoms with Crippen LogP contribution >= 0.6 is 0 Å². The molecule has 4 aromatic carbocycles. The van der Waals surface area contributed by atoms with Crippen LogP contribution in [0.15, 0.2) is 116 Å². The molecule has 0 N–H and O–H groups in total. The molecule has 7 rings (SSSR count). The average Bonchev–Trinajstić information content (AvgIpc) is 3.69. The van der Waals surface area contributed by atoms with Gasteiger partial charge in [-0.25, -0.2) is 9.67 Å². The highest BCUT2D eigenvalue weighted by Crippen LogP contribution is 2.36. The maximum atomic E-state index is 6.52. The lowest BCUT2D eigenvalue weighted by molar-refractivity contribution is 0.483. The van der Waals surface area contributed by atoms with E-state index in [0.29, 0.717) is 11.8 Å². The number of pyridine rings is 1. The number of aromatic nitrogens is 4. The SMILES string of the molecule is Cc1ccnc(-n2c3ccccc3c3ccc(Oc4cccc(-n5cc(-c6c(CCC(C)C)cccc6CCC(C)C)cn5)c4)cc32)c1. The van der Waals surface area contributed by atoms with Crippen LogP contribution in [0, 0.1) is 18.8 Å². The molecule has 5 nitrogen and oxygen atoms in total. The van der Waals surface area contributed by atoms with E-state index >= 15 is 0 Å². The molecular formula is C43H44N4O. The minimum Gasteiger partial charge on any atom is -0.457 e. The Hall–Kier alpha value is -5.16. The van der Waals surface area contributed by atoms with Crippen LogP contribution in [-0.4, -0.2) is 19.3 Å². The number of rotatable bonds is 11. The Balaban J connectivity index is 1.21. The molecule has 7 aromatic rings. The second kappa shape index (κ2) is 13.5. The summed E-state index contributed by atoms with van der Waals surface area (Å²) in [4.78, 5) is 4.72. The normalized spacial score (nSPS) is 11.7. The van der Waals surface area contributed by atoms with Crippen molar-refractivity contribution >= 4 is 21.8 Å². The molecule has 3 heterocycles. The summed E-state index contributed by atoms with van der Waals surface area (Å²) in [6, 6.07) is 33.9. The fraction of sp³-hybridized carbons (Fsp3) is 0.256. The zero-order valence-electron chi connectivity index (χ0n) is 28.6. The summed E-state index contributed by atoms with van der Waals surface area (Å²) in [5, 5.41) is 7.21. The van der Waals surface area contributed by atoms with Crippen LogP contribution in [0.25, 0.3) is 44.4 Å². The third-order valence-electron chi connectivity index (χ3n) is 9.18. The van der Waals surface area contributed by atoms with Crippen molar-refractivity contribution in [3.8, 4) is 34.1 Å². The first-order valence-corrected chi connectivity index (χ1v) is 17.2. The summed E-state index contributed by atoms with van der Waals surface area (Å²) in [7, 11) is 0. The lowest BCUT2D eigenvalue weighted by Gasteiger charge is -2.16. The minimum absolute atomic E-state index is 0.658. The molecule has 0 aliphatic carbocycles. The lowest BCUT2D eigenvalue weighted by atomic mass is 9.89. The van der Waals surface area contributed by atoms with Crippen molar-refractivity contribution in [2.75, 3.05) is 0 Å². The summed E-state index contributed by atoms with van der Waals surface area (Å²) < 4.78 is 10.7. The van der Waals surface area contributed by atoms with Gasteiger partial charge in [-0.3, -0.25) is 4.57 Å². The largest absolute Gasteiger partial charge is 0.457 e. The highest BCUT2D eigenvalue weighted by atomic mass is 16.5. The molecule has 0 amide bonds. The number of aryl methyl sites for hydroxylation is 3. The molecule has 0 aliphatic heterocycles. The van der Waals surface area contributed by atoms with Gasteiger partial charge in [0.15, 0.2) is 0 Å². The lowest BCUT2D eigenvalue weighted by Crippen LogP contribution is -2.00. The van der Waals surface area contributed by atoms with Crippen LogP contribution in [-0.2, 0) is 12.8 Å². The number of nitrogens with zero attached hydrogens (tertiary/aromatic N) is 4. The van der Waals surface area contributed by atoms with Crippen molar-refractivity contribution in [2.24, 2.45) is 11.8 Å². The molecule has 0 spiro atoms. The Morgan fingerprint density at radius 3 is 2.15 bits per heavy atom. The monoisotopic (exact) mass is 632 g/mol. The summed E-state index contributed by atoms with van der Waals surface area (Å²) in [5.41, 5.74) is 9.66. The molecular weight excluding hydrogens is 589 g/mol. The average molecular weight is 633 g/mol. The fourth-order valence-corrected chi connectivity index (χ4v) is 6.65. The Morgan fingerprint density at radius 1 is 0.688 bits per heavy atom. The van der Waals surface area contributed by atoms with Crippen LogP contribution in [0.1, 0.15) is 57.2 Å². The predicted octanol–water partition coefficient (Wildman–Crippen LogP) is 11.3. The molecule has 48 heavy (non-hydrogen) atoms. The first-order valence-electron chi connectivity index (χ1n) is 17.2. The van der Waals surface area contributed by atoms with Crippen molar-refractivity contribution in [1.29, 1.82) is 0 Å². The quantitative estimate of drug-likeness (QED) is 0.143. The van der Waals surface area contributed by atoms with Crippen molar-refractivity contribution in [3.05, 3.63) is 132 Å². The Bertz CT molecular complexity index is 2170. The van der Waals surface area contributed by atoms with Crippen molar-refractivity contribution < 1.29 is 4.74 Å². The predicted molar refractivity (Wildman–Crippen MR) is 199 cm³/mol. The van der Waals surface area contributed by atoms with Gasteiger partial charge in [0.25, 0.3) is 0 Å². The first kappa shape index (κ1) is 31.4. The highest BCUT2D eigenvalue weighted by Gasteiger charge is 2.16. The van der Waals surface area contributed by atoms with Crippen LogP contribution in [0.2, 0.25) is 0 Å². The van der Waals surface area contributed by atoms with Gasteiger partial charge < -0.3 is 4.74 Å². The zero-order chi connectivity index (χ0) is 33.2. The Labute approximate surface area is 283 Å². The van der Waals surface area contributed by atoms with E-state index in [0.717, 1.165) is 46.9 Å². The Kier molecular flexibility index (Phi) is 8.86. The maximum absolute atomic E-state index is 6.52. The number of benzene rings is 4. The number of hydrogen-bond acceptors (Lipinski definition) is 3. The van der Waals surface area contributed by atoms with Gasteiger partial charge in [0.2, 0.25) is 0 Å². The van der Waals surface area contributed by atoms with Gasteiger partial charge in [0.05, 0.1) is 22.9 Å². The molecule has 0 unspecified atom stereocenters. The van der Waals surface area contributed by atoms with E-state index in [1.807, 2.05) is 41.3 Å². The van der Waals surface area contributed by atoms with Gasteiger partial charge in [-0.05, 0) is 109 Å². The van der Waals surface area contributed by atoms with Crippen LogP contribution in [0.3, 0.4) is 0 Å². The van der Waals surface area contributed by atoms with Crippen molar-refractivity contribution in [2.45, 2.75) is 60.3 Å². The molecule has 0 saturated heterocycles. The molecule has 0 atom stereocenters. The molecule has 0 aliphatic rings. The van der Waals surface area contributed by atoms with Crippen molar-refractivity contribution in [3.63, 3.8) is 0 Å². The van der Waals surface area contributed by atoms with E-state index in [2.05, 4.69) is 118 Å². The minimum atomic E-state index is 0.658. The summed E-state index contributed by atoms with van der Waals surface area (Å²) in [6.45, 7) is 11.3. The first-order chi connectivity index (χ1) is 23.3. The van der Waals surface area contributed by atoms with Crippen LogP contribution in [0.4, 0.5) is 0 Å². The second-order valence-electron chi connectivity index (χ2n) is 13.8. The van der Waals surface area contributed by atoms with Crippen LogP contribution < -0.4 is 4.74 Å². The molecule has 242 valence electrons. The van der Waals surface area contributed by atoms with Crippen molar-refractivity contribution in [1.82, 2.24) is 19.3 Å². The van der Waals surface area contributed by atoms with E-state index < -0.39 is 0 Å². The van der Waals surface area contributed by atoms with Gasteiger partial charge in [-0.2, -0.15) is 5.10 Å². The highest BCUT2D eigenvalue weighted by molar-refractivity contribution is 6.09. The number of fused-ring (bicyclic) bond motifs is 3.